The first-order valence-corrected chi connectivity index (χ1v) is 4.18. The van der Waals surface area contributed by atoms with Crippen LogP contribution < -0.4 is 0 Å². The minimum absolute atomic E-state index is 0.223. The smallest absolute Gasteiger partial charge is 0.157 e. The third-order valence-corrected chi connectivity index (χ3v) is 1.71. The number of hydrogen-bond acceptors (Lipinski definition) is 1. The van der Waals surface area contributed by atoms with Crippen LogP contribution in [0.2, 0.25) is 0 Å². The molecule has 0 aliphatic heterocycles. The highest BCUT2D eigenvalue weighted by atomic mass is 32.2. The van der Waals surface area contributed by atoms with Gasteiger partial charge in [0.25, 0.3) is 0 Å². The normalized spacial score (nSPS) is 12.9. The predicted octanol–water partition coefficient (Wildman–Crippen LogP) is 1.41. The minimum atomic E-state index is -1.72. The molecular formula is C7H8O2S. The average Bonchev–Trinajstić information content (AvgIpc) is 1.88. The third kappa shape index (κ3) is 2.29. The van der Waals surface area contributed by atoms with Gasteiger partial charge in [0.05, 0.1) is 5.75 Å². The van der Waals surface area contributed by atoms with Gasteiger partial charge in [0, 0.05) is 0 Å². The molecule has 0 heterocycles. The molecule has 0 saturated carbocycles. The van der Waals surface area contributed by atoms with Gasteiger partial charge < -0.3 is 4.55 Å². The van der Waals surface area contributed by atoms with Crippen LogP contribution in [0.15, 0.2) is 30.3 Å². The van der Waals surface area contributed by atoms with E-state index in [2.05, 4.69) is 0 Å². The molecule has 1 rings (SSSR count). The van der Waals surface area contributed by atoms with E-state index in [9.17, 15) is 4.21 Å². The third-order valence-electron chi connectivity index (χ3n) is 1.13. The molecule has 2 nitrogen and oxygen atoms in total. The Kier molecular flexibility index (Phi) is 2.59. The SMILES string of the molecule is O=S(O)Cc1ccccc1. The molecule has 0 radical (unpaired) electrons. The fourth-order valence-corrected chi connectivity index (χ4v) is 1.19. The van der Waals surface area contributed by atoms with Crippen molar-refractivity contribution in [2.24, 2.45) is 0 Å². The van der Waals surface area contributed by atoms with E-state index in [1.807, 2.05) is 30.3 Å². The van der Waals surface area contributed by atoms with Crippen molar-refractivity contribution in [1.29, 1.82) is 0 Å². The highest BCUT2D eigenvalue weighted by molar-refractivity contribution is 7.78. The first-order chi connectivity index (χ1) is 4.79. The van der Waals surface area contributed by atoms with E-state index in [0.29, 0.717) is 0 Å². The van der Waals surface area contributed by atoms with E-state index in [1.165, 1.54) is 0 Å². The van der Waals surface area contributed by atoms with E-state index >= 15 is 0 Å². The van der Waals surface area contributed by atoms with E-state index in [1.54, 1.807) is 0 Å². The summed E-state index contributed by atoms with van der Waals surface area (Å²) < 4.78 is 18.8. The largest absolute Gasteiger partial charge is 0.306 e. The second-order valence-corrected chi connectivity index (χ2v) is 2.88. The van der Waals surface area contributed by atoms with Crippen molar-refractivity contribution in [2.75, 3.05) is 0 Å². The van der Waals surface area contributed by atoms with Crippen LogP contribution in [-0.4, -0.2) is 8.76 Å². The second-order valence-electron chi connectivity index (χ2n) is 1.95. The molecule has 10 heavy (non-hydrogen) atoms. The molecule has 0 aliphatic carbocycles. The molecule has 0 bridgehead atoms. The van der Waals surface area contributed by atoms with Crippen LogP contribution in [0, 0.1) is 0 Å². The van der Waals surface area contributed by atoms with Crippen molar-refractivity contribution in [2.45, 2.75) is 5.75 Å². The lowest BCUT2D eigenvalue weighted by Crippen LogP contribution is -1.91. The number of rotatable bonds is 2. The van der Waals surface area contributed by atoms with Crippen LogP contribution in [-0.2, 0) is 16.8 Å². The Labute approximate surface area is 62.2 Å². The van der Waals surface area contributed by atoms with Crippen LogP contribution in [0.4, 0.5) is 0 Å². The Bertz CT molecular complexity index is 220. The summed E-state index contributed by atoms with van der Waals surface area (Å²) in [5.74, 6) is 0.223. The summed E-state index contributed by atoms with van der Waals surface area (Å²) >= 11 is -1.72. The van der Waals surface area contributed by atoms with Crippen molar-refractivity contribution >= 4 is 11.1 Å². The van der Waals surface area contributed by atoms with Crippen LogP contribution in [0.25, 0.3) is 0 Å². The van der Waals surface area contributed by atoms with Gasteiger partial charge in [-0.25, -0.2) is 4.21 Å². The quantitative estimate of drug-likeness (QED) is 0.657. The van der Waals surface area contributed by atoms with Gasteiger partial charge in [-0.3, -0.25) is 0 Å². The number of hydrogen-bond donors (Lipinski definition) is 1. The Morgan fingerprint density at radius 3 is 2.40 bits per heavy atom. The van der Waals surface area contributed by atoms with Gasteiger partial charge in [0.15, 0.2) is 11.1 Å². The first kappa shape index (κ1) is 7.44. The van der Waals surface area contributed by atoms with E-state index in [-0.39, 0.29) is 5.75 Å². The lowest BCUT2D eigenvalue weighted by atomic mass is 10.2. The fraction of sp³-hybridized carbons (Fsp3) is 0.143. The van der Waals surface area contributed by atoms with E-state index < -0.39 is 11.1 Å². The van der Waals surface area contributed by atoms with E-state index in [4.69, 9.17) is 4.55 Å². The minimum Gasteiger partial charge on any atom is -0.306 e. The topological polar surface area (TPSA) is 37.3 Å². The Morgan fingerprint density at radius 1 is 1.30 bits per heavy atom. The molecule has 1 N–H and O–H groups in total. The van der Waals surface area contributed by atoms with Gasteiger partial charge >= 0.3 is 0 Å². The van der Waals surface area contributed by atoms with Crippen LogP contribution in [0.3, 0.4) is 0 Å². The molecular weight excluding hydrogens is 148 g/mol. The summed E-state index contributed by atoms with van der Waals surface area (Å²) in [5, 5.41) is 0. The monoisotopic (exact) mass is 156 g/mol. The zero-order valence-electron chi connectivity index (χ0n) is 5.36. The average molecular weight is 156 g/mol. The molecule has 0 aliphatic rings. The van der Waals surface area contributed by atoms with Gasteiger partial charge in [0.1, 0.15) is 0 Å². The molecule has 1 unspecified atom stereocenters. The lowest BCUT2D eigenvalue weighted by molar-refractivity contribution is 0.563. The standard InChI is InChI=1S/C7H8O2S/c8-10(9)6-7-4-2-1-3-5-7/h1-5H,6H2,(H,8,9). The highest BCUT2D eigenvalue weighted by Gasteiger charge is 1.93. The van der Waals surface area contributed by atoms with Crippen molar-refractivity contribution in [3.8, 4) is 0 Å². The molecule has 0 spiro atoms. The maximum absolute atomic E-state index is 10.3. The summed E-state index contributed by atoms with van der Waals surface area (Å²) in [7, 11) is 0. The van der Waals surface area contributed by atoms with E-state index in [0.717, 1.165) is 5.56 Å². The predicted molar refractivity (Wildman–Crippen MR) is 40.9 cm³/mol. The lowest BCUT2D eigenvalue weighted by Gasteiger charge is -1.93. The maximum atomic E-state index is 10.3. The Hall–Kier alpha value is -0.670. The Balaban J connectivity index is 2.67. The zero-order valence-corrected chi connectivity index (χ0v) is 6.17. The van der Waals surface area contributed by atoms with Gasteiger partial charge in [-0.15, -0.1) is 0 Å². The summed E-state index contributed by atoms with van der Waals surface area (Å²) in [5.41, 5.74) is 0.892. The van der Waals surface area contributed by atoms with Crippen LogP contribution >= 0.6 is 0 Å². The molecule has 3 heteroatoms. The van der Waals surface area contributed by atoms with Gasteiger partial charge in [-0.05, 0) is 5.56 Å². The van der Waals surface area contributed by atoms with Crippen molar-refractivity contribution in [3.05, 3.63) is 35.9 Å². The van der Waals surface area contributed by atoms with Gasteiger partial charge in [-0.1, -0.05) is 30.3 Å². The highest BCUT2D eigenvalue weighted by Crippen LogP contribution is 2.00. The molecule has 0 aromatic heterocycles. The molecule has 0 fully saturated rings. The second kappa shape index (κ2) is 3.49. The van der Waals surface area contributed by atoms with Gasteiger partial charge in [-0.2, -0.15) is 0 Å². The molecule has 1 aromatic carbocycles. The summed E-state index contributed by atoms with van der Waals surface area (Å²) in [6.45, 7) is 0. The maximum Gasteiger partial charge on any atom is 0.157 e. The van der Waals surface area contributed by atoms with Crippen LogP contribution in [0.1, 0.15) is 5.56 Å². The summed E-state index contributed by atoms with van der Waals surface area (Å²) in [6.07, 6.45) is 0. The van der Waals surface area contributed by atoms with Crippen LogP contribution in [0.5, 0.6) is 0 Å². The zero-order chi connectivity index (χ0) is 7.40. The van der Waals surface area contributed by atoms with Crippen molar-refractivity contribution in [3.63, 3.8) is 0 Å². The first-order valence-electron chi connectivity index (χ1n) is 2.90. The fourth-order valence-electron chi connectivity index (χ4n) is 0.717. The molecule has 1 aromatic rings. The molecule has 0 saturated heterocycles. The summed E-state index contributed by atoms with van der Waals surface area (Å²) in [4.78, 5) is 0. The Morgan fingerprint density at radius 2 is 1.90 bits per heavy atom. The van der Waals surface area contributed by atoms with Gasteiger partial charge in [0.2, 0.25) is 0 Å². The molecule has 54 valence electrons. The summed E-state index contributed by atoms with van der Waals surface area (Å²) in [6, 6.07) is 9.23. The van der Waals surface area contributed by atoms with Crippen molar-refractivity contribution < 1.29 is 8.76 Å². The molecule has 0 amide bonds. The van der Waals surface area contributed by atoms with Crippen molar-refractivity contribution in [1.82, 2.24) is 0 Å². The molecule has 1 atom stereocenters. The number of benzene rings is 1.